The molecule has 1 amide bonds. The summed E-state index contributed by atoms with van der Waals surface area (Å²) >= 11 is 0. The van der Waals surface area contributed by atoms with Crippen LogP contribution in [-0.2, 0) is 6.54 Å². The Morgan fingerprint density at radius 2 is 2.32 bits per heavy atom. The maximum Gasteiger partial charge on any atom is 0.270 e. The number of amides is 1. The van der Waals surface area contributed by atoms with Gasteiger partial charge in [-0.05, 0) is 44.5 Å². The number of H-pyrrole nitrogens is 1. The SMILES string of the molecule is CN(Cc1ccccn1)C1CCCN(C(=O)c2cc(C#N)c[nH]2)CC1. The van der Waals surface area contributed by atoms with E-state index in [1.807, 2.05) is 35.4 Å². The molecule has 1 atom stereocenters. The van der Waals surface area contributed by atoms with Crippen LogP contribution < -0.4 is 0 Å². The lowest BCUT2D eigenvalue weighted by Crippen LogP contribution is -2.35. The lowest BCUT2D eigenvalue weighted by molar-refractivity contribution is 0.0752. The van der Waals surface area contributed by atoms with E-state index in [1.165, 1.54) is 0 Å². The lowest BCUT2D eigenvalue weighted by atomic mass is 10.1. The van der Waals surface area contributed by atoms with Crippen molar-refractivity contribution in [3.63, 3.8) is 0 Å². The number of carbonyl (C=O) groups is 1. The first kappa shape index (κ1) is 17.2. The molecule has 6 nitrogen and oxygen atoms in total. The molecule has 1 unspecified atom stereocenters. The number of hydrogen-bond acceptors (Lipinski definition) is 4. The Kier molecular flexibility index (Phi) is 5.46. The number of rotatable bonds is 4. The highest BCUT2D eigenvalue weighted by Gasteiger charge is 2.24. The van der Waals surface area contributed by atoms with Crippen molar-refractivity contribution in [3.05, 3.63) is 53.6 Å². The summed E-state index contributed by atoms with van der Waals surface area (Å²) in [7, 11) is 2.13. The fourth-order valence-corrected chi connectivity index (χ4v) is 3.35. The number of nitrogens with one attached hydrogen (secondary N) is 1. The summed E-state index contributed by atoms with van der Waals surface area (Å²) < 4.78 is 0. The minimum absolute atomic E-state index is 0.0190. The van der Waals surface area contributed by atoms with Crippen LogP contribution in [0.1, 0.15) is 41.0 Å². The second-order valence-corrected chi connectivity index (χ2v) is 6.53. The smallest absolute Gasteiger partial charge is 0.270 e. The van der Waals surface area contributed by atoms with E-state index in [4.69, 9.17) is 5.26 Å². The summed E-state index contributed by atoms with van der Waals surface area (Å²) in [5.74, 6) is -0.0190. The summed E-state index contributed by atoms with van der Waals surface area (Å²) in [6, 6.07) is 10.1. The van der Waals surface area contributed by atoms with Gasteiger partial charge >= 0.3 is 0 Å². The Hall–Kier alpha value is -2.65. The Morgan fingerprint density at radius 1 is 1.44 bits per heavy atom. The summed E-state index contributed by atoms with van der Waals surface area (Å²) in [6.07, 6.45) is 6.40. The molecule has 1 N–H and O–H groups in total. The van der Waals surface area contributed by atoms with Gasteiger partial charge in [-0.25, -0.2) is 0 Å². The number of hydrogen-bond donors (Lipinski definition) is 1. The van der Waals surface area contributed by atoms with E-state index >= 15 is 0 Å². The van der Waals surface area contributed by atoms with Crippen LogP contribution in [0.5, 0.6) is 0 Å². The van der Waals surface area contributed by atoms with E-state index in [0.29, 0.717) is 17.3 Å². The van der Waals surface area contributed by atoms with Crippen LogP contribution in [0.25, 0.3) is 0 Å². The third-order valence-electron chi connectivity index (χ3n) is 4.79. The van der Waals surface area contributed by atoms with Gasteiger partial charge in [0.15, 0.2) is 0 Å². The van der Waals surface area contributed by atoms with Gasteiger partial charge in [-0.3, -0.25) is 14.7 Å². The van der Waals surface area contributed by atoms with Crippen molar-refractivity contribution in [2.24, 2.45) is 0 Å². The molecule has 3 heterocycles. The molecule has 3 rings (SSSR count). The van der Waals surface area contributed by atoms with Crippen molar-refractivity contribution >= 4 is 5.91 Å². The zero-order valence-corrected chi connectivity index (χ0v) is 14.5. The van der Waals surface area contributed by atoms with Gasteiger partial charge < -0.3 is 9.88 Å². The van der Waals surface area contributed by atoms with Gasteiger partial charge in [-0.2, -0.15) is 5.26 Å². The second kappa shape index (κ2) is 7.95. The fourth-order valence-electron chi connectivity index (χ4n) is 3.35. The molecule has 1 aliphatic rings. The monoisotopic (exact) mass is 337 g/mol. The summed E-state index contributed by atoms with van der Waals surface area (Å²) in [5.41, 5.74) is 2.06. The first-order valence-corrected chi connectivity index (χ1v) is 8.65. The third-order valence-corrected chi connectivity index (χ3v) is 4.79. The second-order valence-electron chi connectivity index (χ2n) is 6.53. The topological polar surface area (TPSA) is 76.0 Å². The fraction of sp³-hybridized carbons (Fsp3) is 0.421. The van der Waals surface area contributed by atoms with Crippen molar-refractivity contribution in [2.75, 3.05) is 20.1 Å². The molecule has 0 radical (unpaired) electrons. The van der Waals surface area contributed by atoms with Crippen LogP contribution in [0.15, 0.2) is 36.7 Å². The van der Waals surface area contributed by atoms with Gasteiger partial charge in [-0.1, -0.05) is 6.07 Å². The molecule has 0 spiro atoms. The molecule has 0 aliphatic carbocycles. The van der Waals surface area contributed by atoms with Gasteiger partial charge in [-0.15, -0.1) is 0 Å². The van der Waals surface area contributed by atoms with Crippen LogP contribution in [-0.4, -0.2) is 51.9 Å². The maximum atomic E-state index is 12.6. The Bertz CT molecular complexity index is 749. The summed E-state index contributed by atoms with van der Waals surface area (Å²) in [5, 5.41) is 8.90. The van der Waals surface area contributed by atoms with Crippen LogP contribution in [0.3, 0.4) is 0 Å². The van der Waals surface area contributed by atoms with E-state index in [-0.39, 0.29) is 5.91 Å². The predicted molar refractivity (Wildman–Crippen MR) is 94.8 cm³/mol. The minimum atomic E-state index is -0.0190. The van der Waals surface area contributed by atoms with Crippen molar-refractivity contribution in [1.82, 2.24) is 19.8 Å². The largest absolute Gasteiger partial charge is 0.356 e. The molecule has 2 aromatic heterocycles. The van der Waals surface area contributed by atoms with Crippen molar-refractivity contribution in [3.8, 4) is 6.07 Å². The van der Waals surface area contributed by atoms with E-state index < -0.39 is 0 Å². The molecule has 2 aromatic rings. The zero-order chi connectivity index (χ0) is 17.6. The molecule has 130 valence electrons. The van der Waals surface area contributed by atoms with E-state index in [9.17, 15) is 4.79 Å². The molecule has 0 aromatic carbocycles. The number of nitrogens with zero attached hydrogens (tertiary/aromatic N) is 4. The lowest BCUT2D eigenvalue weighted by Gasteiger charge is -2.27. The van der Waals surface area contributed by atoms with Gasteiger partial charge in [0.1, 0.15) is 11.8 Å². The van der Waals surface area contributed by atoms with Gasteiger partial charge in [0, 0.05) is 38.1 Å². The highest BCUT2D eigenvalue weighted by Crippen LogP contribution is 2.19. The van der Waals surface area contributed by atoms with Crippen molar-refractivity contribution < 1.29 is 4.79 Å². The zero-order valence-electron chi connectivity index (χ0n) is 14.5. The highest BCUT2D eigenvalue weighted by atomic mass is 16.2. The van der Waals surface area contributed by atoms with E-state index in [1.54, 1.807) is 12.3 Å². The van der Waals surface area contributed by atoms with Gasteiger partial charge in [0.05, 0.1) is 11.3 Å². The average Bonchev–Trinajstić information content (AvgIpc) is 2.98. The predicted octanol–water partition coefficient (Wildman–Crippen LogP) is 2.41. The Balaban J connectivity index is 1.58. The van der Waals surface area contributed by atoms with Crippen molar-refractivity contribution in [2.45, 2.75) is 31.8 Å². The number of pyridine rings is 1. The maximum absolute atomic E-state index is 12.6. The molecule has 0 bridgehead atoms. The van der Waals surface area contributed by atoms with E-state index in [2.05, 4.69) is 21.9 Å². The minimum Gasteiger partial charge on any atom is -0.356 e. The van der Waals surface area contributed by atoms with Crippen LogP contribution >= 0.6 is 0 Å². The Morgan fingerprint density at radius 3 is 3.04 bits per heavy atom. The van der Waals surface area contributed by atoms with Crippen LogP contribution in [0.2, 0.25) is 0 Å². The number of likely N-dealkylation sites (tertiary alicyclic amines) is 1. The highest BCUT2D eigenvalue weighted by molar-refractivity contribution is 5.92. The standard InChI is InChI=1S/C19H23N5O/c1-23(14-16-5-2-3-8-21-16)17-6-4-9-24(10-7-17)19(25)18-11-15(12-20)13-22-18/h2-3,5,8,11,13,17,22H,4,6-7,9-10,14H2,1H3. The third kappa shape index (κ3) is 4.25. The molecule has 0 saturated carbocycles. The molecular weight excluding hydrogens is 314 g/mol. The molecule has 1 saturated heterocycles. The van der Waals surface area contributed by atoms with E-state index in [0.717, 1.165) is 44.6 Å². The summed E-state index contributed by atoms with van der Waals surface area (Å²) in [6.45, 7) is 2.31. The van der Waals surface area contributed by atoms with Crippen LogP contribution in [0, 0.1) is 11.3 Å². The number of carbonyl (C=O) groups excluding carboxylic acids is 1. The average molecular weight is 337 g/mol. The summed E-state index contributed by atoms with van der Waals surface area (Å²) in [4.78, 5) is 24.1. The molecule has 25 heavy (non-hydrogen) atoms. The van der Waals surface area contributed by atoms with Crippen molar-refractivity contribution in [1.29, 1.82) is 5.26 Å². The van der Waals surface area contributed by atoms with Gasteiger partial charge in [0.2, 0.25) is 0 Å². The molecule has 1 aliphatic heterocycles. The quantitative estimate of drug-likeness (QED) is 0.929. The number of aromatic amines is 1. The normalized spacial score (nSPS) is 18.0. The first-order valence-electron chi connectivity index (χ1n) is 8.65. The molecule has 6 heteroatoms. The molecular formula is C19H23N5O. The van der Waals surface area contributed by atoms with Gasteiger partial charge in [0.25, 0.3) is 5.91 Å². The number of nitriles is 1. The molecule has 1 fully saturated rings. The van der Waals surface area contributed by atoms with Crippen LogP contribution in [0.4, 0.5) is 0 Å². The number of aromatic nitrogens is 2. The Labute approximate surface area is 148 Å². The first-order chi connectivity index (χ1) is 12.2.